The van der Waals surface area contributed by atoms with E-state index < -0.39 is 0 Å². The number of nitrogens with zero attached hydrogens (tertiary/aromatic N) is 1. The minimum Gasteiger partial charge on any atom is -0.456 e. The van der Waals surface area contributed by atoms with E-state index in [1.165, 1.54) is 60.5 Å². The highest BCUT2D eigenvalue weighted by Crippen LogP contribution is 2.49. The number of para-hydroxylation sites is 1. The number of hydrogen-bond donors (Lipinski definition) is 1. The van der Waals surface area contributed by atoms with E-state index in [9.17, 15) is 0 Å². The van der Waals surface area contributed by atoms with E-state index in [1.807, 2.05) is 6.07 Å². The molecule has 0 unspecified atom stereocenters. The van der Waals surface area contributed by atoms with Crippen LogP contribution in [0.25, 0.3) is 82.5 Å². The maximum atomic E-state index is 6.97. The molecule has 2 aliphatic rings. The third-order valence-electron chi connectivity index (χ3n) is 14.8. The van der Waals surface area contributed by atoms with Crippen molar-refractivity contribution in [2.45, 2.75) is 104 Å². The lowest BCUT2D eigenvalue weighted by atomic mass is 9.58. The van der Waals surface area contributed by atoms with Crippen molar-refractivity contribution in [3.63, 3.8) is 0 Å². The predicted molar refractivity (Wildman–Crippen MR) is 268 cm³/mol. The first-order valence-corrected chi connectivity index (χ1v) is 22.8. The summed E-state index contributed by atoms with van der Waals surface area (Å²) < 4.78 is 16.0. The number of rotatable bonds is 3. The van der Waals surface area contributed by atoms with Gasteiger partial charge in [-0.05, 0) is 122 Å². The predicted octanol–water partition coefficient (Wildman–Crippen LogP) is 14.9. The summed E-state index contributed by atoms with van der Waals surface area (Å²) in [7, 11) is 2.43. The summed E-state index contributed by atoms with van der Waals surface area (Å²) in [6.45, 7) is 23.3. The molecule has 4 nitrogen and oxygen atoms in total. The number of furan rings is 2. The van der Waals surface area contributed by atoms with Crippen LogP contribution in [0.15, 0.2) is 124 Å². The van der Waals surface area contributed by atoms with E-state index in [4.69, 9.17) is 8.83 Å². The number of benzene rings is 7. The fourth-order valence-corrected chi connectivity index (χ4v) is 10.9. The highest BCUT2D eigenvalue weighted by atomic mass is 16.3. The lowest BCUT2D eigenvalue weighted by Crippen LogP contribution is -2.38. The van der Waals surface area contributed by atoms with Crippen LogP contribution in [-0.2, 0) is 21.7 Å². The monoisotopic (exact) mass is 821 g/mol. The van der Waals surface area contributed by atoms with Crippen molar-refractivity contribution in [1.29, 1.82) is 0 Å². The Bertz CT molecular complexity index is 3580. The van der Waals surface area contributed by atoms with Gasteiger partial charge in [0, 0.05) is 66.5 Å². The maximum Gasteiger partial charge on any atom is 0.197 e. The van der Waals surface area contributed by atoms with E-state index >= 15 is 0 Å². The molecule has 0 bridgehead atoms. The van der Waals surface area contributed by atoms with Crippen LogP contribution in [0.3, 0.4) is 0 Å². The molecule has 4 heterocycles. The summed E-state index contributed by atoms with van der Waals surface area (Å²) in [4.78, 5) is 0. The molecular formula is C58H54BN2O2. The lowest BCUT2D eigenvalue weighted by Gasteiger charge is -2.41. The van der Waals surface area contributed by atoms with Gasteiger partial charge in [-0.1, -0.05) is 129 Å². The van der Waals surface area contributed by atoms with Crippen molar-refractivity contribution in [3.05, 3.63) is 138 Å². The maximum absolute atomic E-state index is 6.97. The van der Waals surface area contributed by atoms with Gasteiger partial charge < -0.3 is 18.7 Å². The van der Waals surface area contributed by atoms with Gasteiger partial charge in [0.2, 0.25) is 0 Å². The average molecular weight is 822 g/mol. The molecule has 10 aromatic rings. The van der Waals surface area contributed by atoms with Gasteiger partial charge in [-0.25, -0.2) is 0 Å². The quantitative estimate of drug-likeness (QED) is 0.181. The van der Waals surface area contributed by atoms with Crippen molar-refractivity contribution in [3.8, 4) is 16.8 Å². The molecule has 63 heavy (non-hydrogen) atoms. The van der Waals surface area contributed by atoms with Crippen LogP contribution in [-0.4, -0.2) is 11.8 Å². The van der Waals surface area contributed by atoms with Crippen LogP contribution in [0.1, 0.15) is 104 Å². The Balaban J connectivity index is 1.14. The van der Waals surface area contributed by atoms with Gasteiger partial charge in [0.15, 0.2) is 7.28 Å². The van der Waals surface area contributed by atoms with Gasteiger partial charge in [0.05, 0.1) is 5.52 Å². The summed E-state index contributed by atoms with van der Waals surface area (Å²) in [6, 6.07) is 43.1. The second-order valence-electron chi connectivity index (χ2n) is 22.0. The summed E-state index contributed by atoms with van der Waals surface area (Å²) >= 11 is 0. The van der Waals surface area contributed by atoms with Crippen LogP contribution >= 0.6 is 0 Å². The zero-order chi connectivity index (χ0) is 43.5. The van der Waals surface area contributed by atoms with E-state index in [2.05, 4.69) is 196 Å². The van der Waals surface area contributed by atoms with Gasteiger partial charge in [-0.3, -0.25) is 0 Å². The van der Waals surface area contributed by atoms with E-state index in [0.717, 1.165) is 79.4 Å². The van der Waals surface area contributed by atoms with Crippen LogP contribution in [0.2, 0.25) is 0 Å². The van der Waals surface area contributed by atoms with Crippen molar-refractivity contribution in [2.24, 2.45) is 0 Å². The average Bonchev–Trinajstić information content (AvgIpc) is 3.90. The molecule has 0 fully saturated rings. The summed E-state index contributed by atoms with van der Waals surface area (Å²) in [5.41, 5.74) is 19.7. The van der Waals surface area contributed by atoms with Crippen molar-refractivity contribution in [2.75, 3.05) is 5.32 Å². The third kappa shape index (κ3) is 5.74. The summed E-state index contributed by atoms with van der Waals surface area (Å²) in [5.74, 6) is 0. The first-order chi connectivity index (χ1) is 29.9. The van der Waals surface area contributed by atoms with E-state index in [0.29, 0.717) is 0 Å². The standard InChI is InChI=1S/C58H54BN2O2/c1-55(2,3)32-15-18-34(19-16-32)60-46-28-42-41-27-43-44(58(9,10)24-23-57(43,7)8)30-51(41)63-50(42)29-38(46)36-20-21-37-39-26-40-35-13-11-12-14-49(35)62-52(40)31-48(39)61-47-22-17-33(56(4,5)6)25-45(47)59-53(36)54(37)61/h11-22,25-31,60H,23-24H2,1-10H3. The minimum atomic E-state index is -0.00716. The molecular weight excluding hydrogens is 767 g/mol. The zero-order valence-corrected chi connectivity index (χ0v) is 38.2. The Labute approximate surface area is 370 Å². The fourth-order valence-electron chi connectivity index (χ4n) is 10.9. The molecule has 0 spiro atoms. The second-order valence-corrected chi connectivity index (χ2v) is 22.0. The molecule has 1 radical (unpaired) electrons. The summed E-state index contributed by atoms with van der Waals surface area (Å²) in [5, 5.41) is 11.0. The van der Waals surface area contributed by atoms with Crippen LogP contribution in [0, 0.1) is 0 Å². The number of nitrogens with one attached hydrogen (secondary N) is 1. The van der Waals surface area contributed by atoms with Crippen LogP contribution in [0.5, 0.6) is 0 Å². The fraction of sp³-hybridized carbons (Fsp3) is 0.276. The molecule has 311 valence electrons. The molecule has 0 saturated carbocycles. The van der Waals surface area contributed by atoms with Crippen molar-refractivity contribution < 1.29 is 8.83 Å². The number of aromatic nitrogens is 1. The molecule has 12 rings (SSSR count). The van der Waals surface area contributed by atoms with Gasteiger partial charge in [0.25, 0.3) is 0 Å². The van der Waals surface area contributed by atoms with Crippen molar-refractivity contribution >= 4 is 95.3 Å². The highest BCUT2D eigenvalue weighted by Gasteiger charge is 2.38. The molecule has 5 heteroatoms. The number of hydrogen-bond acceptors (Lipinski definition) is 3. The smallest absolute Gasteiger partial charge is 0.197 e. The van der Waals surface area contributed by atoms with Gasteiger partial charge in [-0.2, -0.15) is 0 Å². The van der Waals surface area contributed by atoms with Crippen LogP contribution in [0.4, 0.5) is 11.4 Å². The molecule has 7 aromatic carbocycles. The normalized spacial score (nSPS) is 15.7. The molecule has 0 saturated heterocycles. The van der Waals surface area contributed by atoms with Crippen LogP contribution < -0.4 is 16.2 Å². The first-order valence-electron chi connectivity index (χ1n) is 22.8. The van der Waals surface area contributed by atoms with E-state index in [1.54, 1.807) is 0 Å². The molecule has 1 aliphatic heterocycles. The van der Waals surface area contributed by atoms with Crippen molar-refractivity contribution in [1.82, 2.24) is 4.57 Å². The Kier molecular flexibility index (Phi) is 7.77. The Morgan fingerprint density at radius 2 is 1.17 bits per heavy atom. The molecule has 0 atom stereocenters. The molecule has 3 aromatic heterocycles. The minimum absolute atomic E-state index is 0.00716. The second kappa shape index (κ2) is 12.7. The van der Waals surface area contributed by atoms with Gasteiger partial charge >= 0.3 is 0 Å². The first kappa shape index (κ1) is 38.5. The summed E-state index contributed by atoms with van der Waals surface area (Å²) in [6.07, 6.45) is 2.32. The van der Waals surface area contributed by atoms with Gasteiger partial charge in [-0.15, -0.1) is 0 Å². The largest absolute Gasteiger partial charge is 0.456 e. The molecule has 1 N–H and O–H groups in total. The zero-order valence-electron chi connectivity index (χ0n) is 38.2. The van der Waals surface area contributed by atoms with Gasteiger partial charge in [0.1, 0.15) is 22.3 Å². The third-order valence-corrected chi connectivity index (χ3v) is 14.8. The topological polar surface area (TPSA) is 43.2 Å². The highest BCUT2D eigenvalue weighted by molar-refractivity contribution is 6.73. The van der Waals surface area contributed by atoms with E-state index in [-0.39, 0.29) is 21.7 Å². The number of fused-ring (bicyclic) bond motifs is 12. The number of anilines is 2. The Hall–Kier alpha value is -6.20. The molecule has 1 aliphatic carbocycles. The lowest BCUT2D eigenvalue weighted by molar-refractivity contribution is 0.332. The SMILES string of the molecule is CC(C)(C)c1ccc(Nc2cc3c(cc2-c2ccc4c5cc6c(cc5n5c4c2[B]c2cc(C(C)(C)C)ccc2-5)oc2ccccc26)oc2cc4c(cc23)C(C)(C)CCC4(C)C)cc1. The Morgan fingerprint density at radius 1 is 0.540 bits per heavy atom. The molecule has 0 amide bonds. The Morgan fingerprint density at radius 3 is 1.92 bits per heavy atom.